The third-order valence-corrected chi connectivity index (χ3v) is 5.81. The van der Waals surface area contributed by atoms with Crippen LogP contribution in [0.25, 0.3) is 16.6 Å². The molecule has 5 rings (SSSR count). The van der Waals surface area contributed by atoms with E-state index in [-0.39, 0.29) is 12.6 Å². The summed E-state index contributed by atoms with van der Waals surface area (Å²) in [5.74, 6) is -0.471. The van der Waals surface area contributed by atoms with Gasteiger partial charge in [0.05, 0.1) is 17.1 Å². The fourth-order valence-electron chi connectivity index (χ4n) is 4.06. The van der Waals surface area contributed by atoms with E-state index in [0.29, 0.717) is 17.4 Å². The van der Waals surface area contributed by atoms with Gasteiger partial charge in [-0.15, -0.1) is 5.10 Å². The lowest BCUT2D eigenvalue weighted by Crippen LogP contribution is -2.19. The molecule has 3 aromatic heterocycles. The molecule has 4 heterocycles. The third-order valence-electron chi connectivity index (χ3n) is 5.81. The number of aromatic nitrogens is 6. The Labute approximate surface area is 184 Å². The van der Waals surface area contributed by atoms with Gasteiger partial charge in [-0.2, -0.15) is 14.6 Å². The van der Waals surface area contributed by atoms with Crippen LogP contribution in [0.5, 0.6) is 0 Å². The van der Waals surface area contributed by atoms with Gasteiger partial charge in [-0.3, -0.25) is 4.79 Å². The van der Waals surface area contributed by atoms with Crippen molar-refractivity contribution in [3.8, 4) is 0 Å². The minimum atomic E-state index is -0.871. The van der Waals surface area contributed by atoms with E-state index in [4.69, 9.17) is 9.84 Å². The molecular weight excluding hydrogens is 410 g/mol. The molecule has 32 heavy (non-hydrogen) atoms. The van der Waals surface area contributed by atoms with Crippen molar-refractivity contribution in [2.75, 3.05) is 11.9 Å². The second-order valence-electron chi connectivity index (χ2n) is 8.22. The van der Waals surface area contributed by atoms with Crippen LogP contribution in [0, 0.1) is 12.8 Å². The molecule has 10 heteroatoms. The van der Waals surface area contributed by atoms with Crippen LogP contribution in [0.1, 0.15) is 43.9 Å². The van der Waals surface area contributed by atoms with Gasteiger partial charge in [0.25, 0.3) is 0 Å². The smallest absolute Gasteiger partial charge is 0.306 e. The fourth-order valence-corrected chi connectivity index (χ4v) is 4.06. The van der Waals surface area contributed by atoms with Crippen molar-refractivity contribution in [1.29, 1.82) is 0 Å². The first-order valence-electron chi connectivity index (χ1n) is 10.8. The molecule has 4 aromatic rings. The summed E-state index contributed by atoms with van der Waals surface area (Å²) in [5, 5.41) is 22.8. The maximum absolute atomic E-state index is 11.2. The summed E-state index contributed by atoms with van der Waals surface area (Å²) in [4.78, 5) is 20.1. The van der Waals surface area contributed by atoms with Crippen LogP contribution >= 0.6 is 0 Å². The number of carboxylic acids is 1. The van der Waals surface area contributed by atoms with Gasteiger partial charge in [-0.05, 0) is 44.4 Å². The predicted octanol–water partition coefficient (Wildman–Crippen LogP) is 3.49. The Morgan fingerprint density at radius 3 is 2.97 bits per heavy atom. The number of benzene rings is 1. The van der Waals surface area contributed by atoms with Crippen LogP contribution in [0.3, 0.4) is 0 Å². The second kappa shape index (κ2) is 8.19. The van der Waals surface area contributed by atoms with E-state index in [0.717, 1.165) is 48.2 Å². The SMILES string of the molecule is Cc1nn(C2CCCCO2)c2cc(Nc3nc4ccnc(CC(C)C(=O)O)n4n3)ccc12. The number of nitrogens with zero attached hydrogens (tertiary/aromatic N) is 6. The summed E-state index contributed by atoms with van der Waals surface area (Å²) in [7, 11) is 0. The molecule has 2 atom stereocenters. The maximum atomic E-state index is 11.2. The average Bonchev–Trinajstić information content (AvgIpc) is 3.35. The first kappa shape index (κ1) is 20.4. The lowest BCUT2D eigenvalue weighted by Gasteiger charge is -2.23. The number of hydrogen-bond acceptors (Lipinski definition) is 7. The van der Waals surface area contributed by atoms with Crippen LogP contribution < -0.4 is 5.32 Å². The quantitative estimate of drug-likeness (QED) is 0.472. The summed E-state index contributed by atoms with van der Waals surface area (Å²) in [6.45, 7) is 4.41. The van der Waals surface area contributed by atoms with Crippen molar-refractivity contribution < 1.29 is 14.6 Å². The lowest BCUT2D eigenvalue weighted by atomic mass is 10.1. The van der Waals surface area contributed by atoms with Gasteiger partial charge in [0.2, 0.25) is 5.95 Å². The minimum absolute atomic E-state index is 0.0478. The number of rotatable bonds is 6. The Morgan fingerprint density at radius 2 is 2.19 bits per heavy atom. The Kier molecular flexibility index (Phi) is 5.22. The Morgan fingerprint density at radius 1 is 1.31 bits per heavy atom. The zero-order chi connectivity index (χ0) is 22.2. The van der Waals surface area contributed by atoms with Gasteiger partial charge in [0, 0.05) is 36.4 Å². The molecule has 1 aliphatic heterocycles. The first-order valence-corrected chi connectivity index (χ1v) is 10.8. The fraction of sp³-hybridized carbons (Fsp3) is 0.409. The van der Waals surface area contributed by atoms with E-state index < -0.39 is 11.9 Å². The van der Waals surface area contributed by atoms with Crippen molar-refractivity contribution in [1.82, 2.24) is 29.4 Å². The topological polar surface area (TPSA) is 119 Å². The van der Waals surface area contributed by atoms with Crippen molar-refractivity contribution >= 4 is 34.2 Å². The van der Waals surface area contributed by atoms with Gasteiger partial charge in [-0.25, -0.2) is 9.67 Å². The molecule has 2 N–H and O–H groups in total. The van der Waals surface area contributed by atoms with E-state index in [1.54, 1.807) is 23.7 Å². The Bertz CT molecular complexity index is 1290. The number of aryl methyl sites for hydroxylation is 1. The van der Waals surface area contributed by atoms with Crippen molar-refractivity contribution in [2.45, 2.75) is 45.8 Å². The third kappa shape index (κ3) is 3.77. The molecule has 1 aliphatic rings. The number of ether oxygens (including phenoxy) is 1. The van der Waals surface area contributed by atoms with Crippen LogP contribution in [-0.2, 0) is 16.0 Å². The van der Waals surface area contributed by atoms with Gasteiger partial charge in [-0.1, -0.05) is 6.92 Å². The highest BCUT2D eigenvalue weighted by molar-refractivity contribution is 5.85. The summed E-state index contributed by atoms with van der Waals surface area (Å²) < 4.78 is 9.51. The molecule has 0 amide bonds. The molecule has 0 saturated carbocycles. The molecule has 166 valence electrons. The molecule has 10 nitrogen and oxygen atoms in total. The predicted molar refractivity (Wildman–Crippen MR) is 118 cm³/mol. The number of carbonyl (C=O) groups is 1. The van der Waals surface area contributed by atoms with Crippen LogP contribution in [0.2, 0.25) is 0 Å². The van der Waals surface area contributed by atoms with Gasteiger partial charge in [0.15, 0.2) is 11.9 Å². The van der Waals surface area contributed by atoms with Crippen LogP contribution in [0.4, 0.5) is 11.6 Å². The number of nitrogens with one attached hydrogen (secondary N) is 1. The number of anilines is 2. The lowest BCUT2D eigenvalue weighted by molar-refractivity contribution is -0.141. The molecule has 0 radical (unpaired) electrons. The molecule has 1 saturated heterocycles. The second-order valence-corrected chi connectivity index (χ2v) is 8.22. The monoisotopic (exact) mass is 435 g/mol. The Hall–Kier alpha value is -3.53. The molecule has 1 fully saturated rings. The van der Waals surface area contributed by atoms with E-state index in [1.165, 1.54) is 0 Å². The normalized spacial score (nSPS) is 17.6. The summed E-state index contributed by atoms with van der Waals surface area (Å²) in [6, 6.07) is 7.79. The molecule has 1 aromatic carbocycles. The molecular formula is C22H25N7O3. The molecule has 0 bridgehead atoms. The van der Waals surface area contributed by atoms with Crippen molar-refractivity contribution in [2.24, 2.45) is 5.92 Å². The van der Waals surface area contributed by atoms with E-state index >= 15 is 0 Å². The number of hydrogen-bond donors (Lipinski definition) is 2. The average molecular weight is 435 g/mol. The maximum Gasteiger partial charge on any atom is 0.306 e. The van der Waals surface area contributed by atoms with E-state index in [1.807, 2.05) is 29.8 Å². The zero-order valence-corrected chi connectivity index (χ0v) is 18.0. The standard InChI is InChI=1S/C22H25N7O3/c1-13(21(30)31)11-19-23-9-8-18-25-22(27-29(18)19)24-15-6-7-16-14(2)26-28(17(16)12-15)20-5-3-4-10-32-20/h6-9,12-13,20H,3-5,10-11H2,1-2H3,(H,24,27)(H,30,31). The van der Waals surface area contributed by atoms with Gasteiger partial charge >= 0.3 is 5.97 Å². The number of carboxylic acid groups (broad SMARTS) is 1. The zero-order valence-electron chi connectivity index (χ0n) is 18.0. The highest BCUT2D eigenvalue weighted by Gasteiger charge is 2.21. The van der Waals surface area contributed by atoms with Crippen LogP contribution in [0.15, 0.2) is 30.5 Å². The molecule has 0 aliphatic carbocycles. The summed E-state index contributed by atoms with van der Waals surface area (Å²) in [6.07, 6.45) is 5.00. The summed E-state index contributed by atoms with van der Waals surface area (Å²) in [5.41, 5.74) is 3.40. The molecule has 0 spiro atoms. The summed E-state index contributed by atoms with van der Waals surface area (Å²) >= 11 is 0. The van der Waals surface area contributed by atoms with Crippen molar-refractivity contribution in [3.05, 3.63) is 42.0 Å². The highest BCUT2D eigenvalue weighted by Crippen LogP contribution is 2.30. The first-order chi connectivity index (χ1) is 15.5. The minimum Gasteiger partial charge on any atom is -0.481 e. The van der Waals surface area contributed by atoms with Crippen LogP contribution in [-0.4, -0.2) is 47.0 Å². The Balaban J connectivity index is 1.46. The number of aliphatic carboxylic acids is 1. The molecule has 2 unspecified atom stereocenters. The number of fused-ring (bicyclic) bond motifs is 2. The highest BCUT2D eigenvalue weighted by atomic mass is 16.5. The van der Waals surface area contributed by atoms with Crippen molar-refractivity contribution in [3.63, 3.8) is 0 Å². The van der Waals surface area contributed by atoms with E-state index in [9.17, 15) is 9.90 Å². The van der Waals surface area contributed by atoms with Gasteiger partial charge < -0.3 is 15.2 Å². The van der Waals surface area contributed by atoms with Gasteiger partial charge in [0.1, 0.15) is 5.82 Å². The van der Waals surface area contributed by atoms with E-state index in [2.05, 4.69) is 20.4 Å². The largest absolute Gasteiger partial charge is 0.481 e.